The van der Waals surface area contributed by atoms with Gasteiger partial charge in [-0.25, -0.2) is 0 Å². The molecule has 0 amide bonds. The molecule has 0 atom stereocenters. The summed E-state index contributed by atoms with van der Waals surface area (Å²) in [6.45, 7) is 2.20. The molecule has 0 N–H and O–H groups in total. The molecule has 2 rings (SSSR count). The van der Waals surface area contributed by atoms with Gasteiger partial charge in [-0.3, -0.25) is 0 Å². The van der Waals surface area contributed by atoms with Crippen molar-refractivity contribution >= 4 is 11.6 Å². The lowest BCUT2D eigenvalue weighted by molar-refractivity contribution is 0.324. The van der Waals surface area contributed by atoms with Crippen LogP contribution in [0.25, 0.3) is 0 Å². The molecule has 0 aromatic heterocycles. The zero-order valence-electron chi connectivity index (χ0n) is 10.1. The third kappa shape index (κ3) is 2.27. The number of halogens is 1. The van der Waals surface area contributed by atoms with E-state index in [1.54, 1.807) is 0 Å². The van der Waals surface area contributed by atoms with Crippen LogP contribution in [0.3, 0.4) is 0 Å². The molecular formula is C15H21Cl. The quantitative estimate of drug-likeness (QED) is 0.668. The molecule has 0 bridgehead atoms. The van der Waals surface area contributed by atoms with Crippen LogP contribution in [0, 0.1) is 0 Å². The molecule has 1 saturated carbocycles. The van der Waals surface area contributed by atoms with Gasteiger partial charge in [0.25, 0.3) is 0 Å². The lowest BCUT2D eigenvalue weighted by atomic mass is 9.71. The van der Waals surface area contributed by atoms with Gasteiger partial charge < -0.3 is 0 Å². The van der Waals surface area contributed by atoms with E-state index in [9.17, 15) is 0 Å². The number of alkyl halides is 1. The van der Waals surface area contributed by atoms with Crippen LogP contribution in [-0.4, -0.2) is 5.88 Å². The smallest absolute Gasteiger partial charge is 0.0320 e. The fourth-order valence-corrected chi connectivity index (χ4v) is 3.24. The van der Waals surface area contributed by atoms with Crippen LogP contribution in [0.5, 0.6) is 0 Å². The Kier molecular flexibility index (Phi) is 3.91. The zero-order valence-corrected chi connectivity index (χ0v) is 10.9. The van der Waals surface area contributed by atoms with Gasteiger partial charge in [0.05, 0.1) is 0 Å². The highest BCUT2D eigenvalue weighted by Gasteiger charge is 2.32. The highest BCUT2D eigenvalue weighted by atomic mass is 35.5. The predicted molar refractivity (Wildman–Crippen MR) is 71.3 cm³/mol. The first-order valence-corrected chi connectivity index (χ1v) is 6.99. The maximum atomic E-state index is 6.25. The minimum absolute atomic E-state index is 0.270. The summed E-state index contributed by atoms with van der Waals surface area (Å²) < 4.78 is 0. The average Bonchev–Trinajstić information content (AvgIpc) is 2.39. The largest absolute Gasteiger partial charge is 0.126 e. The third-order valence-electron chi connectivity index (χ3n) is 4.04. The number of benzene rings is 1. The Morgan fingerprint density at radius 3 is 2.19 bits per heavy atom. The van der Waals surface area contributed by atoms with Gasteiger partial charge >= 0.3 is 0 Å². The van der Waals surface area contributed by atoms with Gasteiger partial charge in [0.15, 0.2) is 0 Å². The molecule has 0 saturated heterocycles. The first-order valence-electron chi connectivity index (χ1n) is 6.46. The standard InChI is InChI=1S/C15H21Cl/c1-2-13-6-8-14(9-7-13)15(12-16)10-4-3-5-11-15/h6-9H,2-5,10-12H2,1H3. The number of hydrogen-bond acceptors (Lipinski definition) is 0. The monoisotopic (exact) mass is 236 g/mol. The fourth-order valence-electron chi connectivity index (χ4n) is 2.82. The summed E-state index contributed by atoms with van der Waals surface area (Å²) in [5.74, 6) is 0.776. The zero-order chi connectivity index (χ0) is 11.4. The Morgan fingerprint density at radius 2 is 1.69 bits per heavy atom. The molecule has 1 aromatic rings. The second kappa shape index (κ2) is 5.23. The van der Waals surface area contributed by atoms with E-state index in [0.29, 0.717) is 0 Å². The van der Waals surface area contributed by atoms with E-state index in [2.05, 4.69) is 31.2 Å². The minimum atomic E-state index is 0.270. The van der Waals surface area contributed by atoms with Crippen molar-refractivity contribution in [1.29, 1.82) is 0 Å². The van der Waals surface area contributed by atoms with E-state index in [4.69, 9.17) is 11.6 Å². The van der Waals surface area contributed by atoms with Gasteiger partial charge in [-0.1, -0.05) is 50.5 Å². The summed E-state index contributed by atoms with van der Waals surface area (Å²) in [5, 5.41) is 0. The second-order valence-corrected chi connectivity index (χ2v) is 5.29. The Labute approximate surface area is 104 Å². The average molecular weight is 237 g/mol. The van der Waals surface area contributed by atoms with Crippen molar-refractivity contribution in [2.45, 2.75) is 50.9 Å². The molecule has 0 unspecified atom stereocenters. The van der Waals surface area contributed by atoms with Crippen molar-refractivity contribution in [3.8, 4) is 0 Å². The molecule has 1 aliphatic carbocycles. The maximum Gasteiger partial charge on any atom is 0.0320 e. The molecule has 0 aliphatic heterocycles. The van der Waals surface area contributed by atoms with E-state index < -0.39 is 0 Å². The Morgan fingerprint density at radius 1 is 1.06 bits per heavy atom. The highest BCUT2D eigenvalue weighted by molar-refractivity contribution is 6.18. The van der Waals surface area contributed by atoms with Gasteiger partial charge in [0, 0.05) is 11.3 Å². The summed E-state index contributed by atoms with van der Waals surface area (Å²) in [6, 6.07) is 9.12. The van der Waals surface area contributed by atoms with Crippen LogP contribution in [0.2, 0.25) is 0 Å². The normalized spacial score (nSPS) is 19.6. The van der Waals surface area contributed by atoms with Crippen LogP contribution >= 0.6 is 11.6 Å². The van der Waals surface area contributed by atoms with Gasteiger partial charge in [0.1, 0.15) is 0 Å². The molecular weight excluding hydrogens is 216 g/mol. The SMILES string of the molecule is CCc1ccc(C2(CCl)CCCCC2)cc1. The maximum absolute atomic E-state index is 6.25. The Bertz CT molecular complexity index is 320. The summed E-state index contributed by atoms with van der Waals surface area (Å²) in [7, 11) is 0. The lowest BCUT2D eigenvalue weighted by Gasteiger charge is -2.36. The topological polar surface area (TPSA) is 0 Å². The van der Waals surface area contributed by atoms with Crippen molar-refractivity contribution in [2.75, 3.05) is 5.88 Å². The fraction of sp³-hybridized carbons (Fsp3) is 0.600. The third-order valence-corrected chi connectivity index (χ3v) is 4.55. The molecule has 0 nitrogen and oxygen atoms in total. The molecule has 1 heteroatoms. The number of hydrogen-bond donors (Lipinski definition) is 0. The summed E-state index contributed by atoms with van der Waals surface area (Å²) in [5.41, 5.74) is 3.15. The lowest BCUT2D eigenvalue weighted by Crippen LogP contribution is -2.30. The van der Waals surface area contributed by atoms with Crippen molar-refractivity contribution in [3.63, 3.8) is 0 Å². The molecule has 1 aromatic carbocycles. The van der Waals surface area contributed by atoms with Crippen molar-refractivity contribution in [3.05, 3.63) is 35.4 Å². The van der Waals surface area contributed by atoms with Gasteiger partial charge in [-0.15, -0.1) is 11.6 Å². The van der Waals surface area contributed by atoms with Crippen molar-refractivity contribution in [2.24, 2.45) is 0 Å². The Hall–Kier alpha value is -0.490. The van der Waals surface area contributed by atoms with Gasteiger partial charge in [0.2, 0.25) is 0 Å². The molecule has 88 valence electrons. The van der Waals surface area contributed by atoms with Gasteiger partial charge in [-0.2, -0.15) is 0 Å². The van der Waals surface area contributed by atoms with Crippen LogP contribution in [-0.2, 0) is 11.8 Å². The second-order valence-electron chi connectivity index (χ2n) is 5.03. The molecule has 16 heavy (non-hydrogen) atoms. The number of aryl methyl sites for hydroxylation is 1. The van der Waals surface area contributed by atoms with Crippen LogP contribution in [0.4, 0.5) is 0 Å². The van der Waals surface area contributed by atoms with Crippen LogP contribution in [0.1, 0.15) is 50.2 Å². The Balaban J connectivity index is 2.24. The van der Waals surface area contributed by atoms with Crippen LogP contribution in [0.15, 0.2) is 24.3 Å². The first kappa shape index (κ1) is 12.0. The van der Waals surface area contributed by atoms with Crippen LogP contribution < -0.4 is 0 Å². The molecule has 0 heterocycles. The van der Waals surface area contributed by atoms with E-state index in [0.717, 1.165) is 12.3 Å². The van der Waals surface area contributed by atoms with E-state index in [1.165, 1.54) is 43.2 Å². The van der Waals surface area contributed by atoms with E-state index in [-0.39, 0.29) is 5.41 Å². The minimum Gasteiger partial charge on any atom is -0.126 e. The predicted octanol–water partition coefficient (Wildman–Crippen LogP) is 4.69. The van der Waals surface area contributed by atoms with Crippen molar-refractivity contribution in [1.82, 2.24) is 0 Å². The first-order chi connectivity index (χ1) is 7.80. The highest BCUT2D eigenvalue weighted by Crippen LogP contribution is 2.40. The summed E-state index contributed by atoms with van der Waals surface area (Å²) in [6.07, 6.45) is 7.70. The molecule has 0 spiro atoms. The van der Waals surface area contributed by atoms with Gasteiger partial charge in [-0.05, 0) is 30.4 Å². The summed E-state index contributed by atoms with van der Waals surface area (Å²) in [4.78, 5) is 0. The molecule has 0 radical (unpaired) electrons. The summed E-state index contributed by atoms with van der Waals surface area (Å²) >= 11 is 6.25. The van der Waals surface area contributed by atoms with E-state index in [1.807, 2.05) is 0 Å². The van der Waals surface area contributed by atoms with E-state index >= 15 is 0 Å². The molecule has 1 fully saturated rings. The molecule has 1 aliphatic rings. The van der Waals surface area contributed by atoms with Crippen molar-refractivity contribution < 1.29 is 0 Å². The number of rotatable bonds is 3.